The summed E-state index contributed by atoms with van der Waals surface area (Å²) in [5.41, 5.74) is 7.56. The van der Waals surface area contributed by atoms with Crippen LogP contribution in [-0.4, -0.2) is 37.1 Å². The van der Waals surface area contributed by atoms with Crippen molar-refractivity contribution in [1.82, 2.24) is 10.2 Å². The molecule has 1 aliphatic carbocycles. The Morgan fingerprint density at radius 2 is 1.94 bits per heavy atom. The molecule has 1 heterocycles. The second-order valence-electron chi connectivity index (χ2n) is 5.52. The van der Waals surface area contributed by atoms with E-state index in [0.29, 0.717) is 0 Å². The average Bonchev–Trinajstić information content (AvgIpc) is 2.73. The molecule has 1 aromatic rings. The zero-order chi connectivity index (χ0) is 11.9. The van der Waals surface area contributed by atoms with Gasteiger partial charge in [0, 0.05) is 31.7 Å². The van der Waals surface area contributed by atoms with Gasteiger partial charge in [0.05, 0.1) is 0 Å². The van der Waals surface area contributed by atoms with Crippen molar-refractivity contribution < 1.29 is 0 Å². The molecule has 1 aliphatic heterocycles. The summed E-state index contributed by atoms with van der Waals surface area (Å²) in [4.78, 5) is 2.41. The van der Waals surface area contributed by atoms with E-state index >= 15 is 0 Å². The predicted octanol–water partition coefficient (Wildman–Crippen LogP) is 0.665. The Balaban J connectivity index is 1.62. The molecule has 17 heavy (non-hydrogen) atoms. The molecular weight excluding hydrogens is 210 g/mol. The molecule has 0 amide bonds. The largest absolute Gasteiger partial charge is 0.329 e. The standard InChI is InChI=1S/C14H21N3/c1-17-8-12-13(9-17)14(12,10-15)16-7-11-5-3-2-4-6-11/h2-6,12-13,16H,7-10,15H2,1H3. The molecule has 2 fully saturated rings. The molecule has 3 N–H and O–H groups in total. The summed E-state index contributed by atoms with van der Waals surface area (Å²) >= 11 is 0. The topological polar surface area (TPSA) is 41.3 Å². The summed E-state index contributed by atoms with van der Waals surface area (Å²) in [6.45, 7) is 4.10. The number of nitrogens with two attached hydrogens (primary N) is 1. The van der Waals surface area contributed by atoms with E-state index in [4.69, 9.17) is 5.73 Å². The summed E-state index contributed by atoms with van der Waals surface area (Å²) in [6.07, 6.45) is 0. The molecule has 3 nitrogen and oxygen atoms in total. The Morgan fingerprint density at radius 1 is 1.29 bits per heavy atom. The Labute approximate surface area is 103 Å². The monoisotopic (exact) mass is 231 g/mol. The second kappa shape index (κ2) is 4.09. The van der Waals surface area contributed by atoms with Crippen molar-refractivity contribution in [3.8, 4) is 0 Å². The lowest BCUT2D eigenvalue weighted by atomic mass is 10.1. The first kappa shape index (κ1) is 11.2. The first-order valence-electron chi connectivity index (χ1n) is 6.44. The third kappa shape index (κ3) is 1.79. The van der Waals surface area contributed by atoms with Crippen LogP contribution < -0.4 is 11.1 Å². The number of benzene rings is 1. The Bertz CT molecular complexity index is 378. The van der Waals surface area contributed by atoms with Gasteiger partial charge in [0.2, 0.25) is 0 Å². The number of hydrogen-bond acceptors (Lipinski definition) is 3. The number of fused-ring (bicyclic) bond motifs is 1. The first-order valence-corrected chi connectivity index (χ1v) is 6.44. The van der Waals surface area contributed by atoms with Gasteiger partial charge in [0.25, 0.3) is 0 Å². The lowest BCUT2D eigenvalue weighted by Gasteiger charge is -2.24. The fourth-order valence-electron chi connectivity index (χ4n) is 3.43. The highest BCUT2D eigenvalue weighted by molar-refractivity contribution is 5.24. The molecule has 1 saturated heterocycles. The van der Waals surface area contributed by atoms with Gasteiger partial charge in [0.1, 0.15) is 0 Å². The summed E-state index contributed by atoms with van der Waals surface area (Å²) in [5.74, 6) is 1.53. The highest BCUT2D eigenvalue weighted by Gasteiger charge is 2.66. The van der Waals surface area contributed by atoms with Crippen LogP contribution >= 0.6 is 0 Å². The molecule has 0 spiro atoms. The van der Waals surface area contributed by atoms with Crippen molar-refractivity contribution in [2.24, 2.45) is 17.6 Å². The minimum Gasteiger partial charge on any atom is -0.329 e. The van der Waals surface area contributed by atoms with Crippen LogP contribution in [0.5, 0.6) is 0 Å². The summed E-state index contributed by atoms with van der Waals surface area (Å²) < 4.78 is 0. The van der Waals surface area contributed by atoms with Gasteiger partial charge in [-0.3, -0.25) is 0 Å². The van der Waals surface area contributed by atoms with Gasteiger partial charge >= 0.3 is 0 Å². The summed E-state index contributed by atoms with van der Waals surface area (Å²) in [7, 11) is 2.20. The highest BCUT2D eigenvalue weighted by atomic mass is 15.2. The van der Waals surface area contributed by atoms with Crippen molar-refractivity contribution in [1.29, 1.82) is 0 Å². The molecule has 1 aromatic carbocycles. The molecule has 0 radical (unpaired) electrons. The van der Waals surface area contributed by atoms with Crippen molar-refractivity contribution in [2.75, 3.05) is 26.7 Å². The highest BCUT2D eigenvalue weighted by Crippen LogP contribution is 2.54. The second-order valence-corrected chi connectivity index (χ2v) is 5.52. The lowest BCUT2D eigenvalue weighted by molar-refractivity contribution is 0.296. The maximum absolute atomic E-state index is 5.99. The average molecular weight is 231 g/mol. The molecule has 0 aromatic heterocycles. The maximum atomic E-state index is 5.99. The zero-order valence-electron chi connectivity index (χ0n) is 10.4. The van der Waals surface area contributed by atoms with Gasteiger partial charge in [0.15, 0.2) is 0 Å². The zero-order valence-corrected chi connectivity index (χ0v) is 10.4. The lowest BCUT2D eigenvalue weighted by Crippen LogP contribution is -2.46. The molecule has 0 bridgehead atoms. The number of hydrogen-bond donors (Lipinski definition) is 2. The number of rotatable bonds is 4. The number of nitrogens with zero attached hydrogens (tertiary/aromatic N) is 1. The van der Waals surface area contributed by atoms with E-state index in [1.165, 1.54) is 18.7 Å². The smallest absolute Gasteiger partial charge is 0.0395 e. The van der Waals surface area contributed by atoms with Crippen LogP contribution in [0.3, 0.4) is 0 Å². The maximum Gasteiger partial charge on any atom is 0.0395 e. The Hall–Kier alpha value is -0.900. The van der Waals surface area contributed by atoms with E-state index in [0.717, 1.165) is 24.9 Å². The number of likely N-dealkylation sites (tertiary alicyclic amines) is 1. The van der Waals surface area contributed by atoms with Crippen LogP contribution in [0.15, 0.2) is 30.3 Å². The molecule has 2 atom stereocenters. The van der Waals surface area contributed by atoms with Gasteiger partial charge in [-0.05, 0) is 24.4 Å². The third-order valence-corrected chi connectivity index (χ3v) is 4.52. The molecule has 3 rings (SSSR count). The van der Waals surface area contributed by atoms with E-state index in [1.54, 1.807) is 0 Å². The summed E-state index contributed by atoms with van der Waals surface area (Å²) in [5, 5.41) is 3.71. The molecule has 2 aliphatic rings. The van der Waals surface area contributed by atoms with Gasteiger partial charge in [-0.2, -0.15) is 0 Å². The van der Waals surface area contributed by atoms with Gasteiger partial charge in [-0.15, -0.1) is 0 Å². The van der Waals surface area contributed by atoms with E-state index in [2.05, 4.69) is 47.6 Å². The van der Waals surface area contributed by atoms with Crippen LogP contribution in [0, 0.1) is 11.8 Å². The van der Waals surface area contributed by atoms with Gasteiger partial charge < -0.3 is 16.0 Å². The third-order valence-electron chi connectivity index (χ3n) is 4.52. The molecule has 1 saturated carbocycles. The number of nitrogens with one attached hydrogen (secondary N) is 1. The van der Waals surface area contributed by atoms with E-state index in [-0.39, 0.29) is 5.54 Å². The quantitative estimate of drug-likeness (QED) is 0.800. The van der Waals surface area contributed by atoms with E-state index in [9.17, 15) is 0 Å². The molecule has 3 heteroatoms. The van der Waals surface area contributed by atoms with Crippen molar-refractivity contribution >= 4 is 0 Å². The normalized spacial score (nSPS) is 35.9. The van der Waals surface area contributed by atoms with E-state index in [1.807, 2.05) is 0 Å². The first-order chi connectivity index (χ1) is 8.26. The van der Waals surface area contributed by atoms with Crippen LogP contribution in [-0.2, 0) is 6.54 Å². The molecular formula is C14H21N3. The van der Waals surface area contributed by atoms with Crippen molar-refractivity contribution in [3.05, 3.63) is 35.9 Å². The van der Waals surface area contributed by atoms with Gasteiger partial charge in [-0.25, -0.2) is 0 Å². The minimum atomic E-state index is 0.225. The fraction of sp³-hybridized carbons (Fsp3) is 0.571. The van der Waals surface area contributed by atoms with Crippen LogP contribution in [0.25, 0.3) is 0 Å². The van der Waals surface area contributed by atoms with Crippen molar-refractivity contribution in [3.63, 3.8) is 0 Å². The molecule has 92 valence electrons. The van der Waals surface area contributed by atoms with Crippen molar-refractivity contribution in [2.45, 2.75) is 12.1 Å². The SMILES string of the molecule is CN1CC2C(C1)C2(CN)NCc1ccccc1. The van der Waals surface area contributed by atoms with Crippen LogP contribution in [0.1, 0.15) is 5.56 Å². The van der Waals surface area contributed by atoms with Gasteiger partial charge in [-0.1, -0.05) is 30.3 Å². The van der Waals surface area contributed by atoms with E-state index < -0.39 is 0 Å². The fourth-order valence-corrected chi connectivity index (χ4v) is 3.43. The summed E-state index contributed by atoms with van der Waals surface area (Å²) in [6, 6.07) is 10.6. The predicted molar refractivity (Wildman–Crippen MR) is 69.5 cm³/mol. The molecule has 2 unspecified atom stereocenters. The van der Waals surface area contributed by atoms with Crippen LogP contribution in [0.2, 0.25) is 0 Å². The Kier molecular flexibility index (Phi) is 2.69. The minimum absolute atomic E-state index is 0.225. The van der Waals surface area contributed by atoms with Crippen LogP contribution in [0.4, 0.5) is 0 Å². The number of piperidine rings is 1. The Morgan fingerprint density at radius 3 is 2.53 bits per heavy atom.